The van der Waals surface area contributed by atoms with Gasteiger partial charge in [-0.2, -0.15) is 0 Å². The van der Waals surface area contributed by atoms with Crippen LogP contribution in [0.2, 0.25) is 0 Å². The van der Waals surface area contributed by atoms with Gasteiger partial charge >= 0.3 is 0 Å². The Morgan fingerprint density at radius 2 is 1.86 bits per heavy atom. The molecule has 2 aliphatic heterocycles. The molecule has 0 radical (unpaired) electrons. The molecule has 3 aliphatic rings. The number of hydrogen-bond acceptors (Lipinski definition) is 4. The highest BCUT2D eigenvalue weighted by atomic mass is 16.2. The van der Waals surface area contributed by atoms with Crippen LogP contribution >= 0.6 is 0 Å². The van der Waals surface area contributed by atoms with Crippen molar-refractivity contribution in [3.63, 3.8) is 0 Å². The zero-order valence-corrected chi connectivity index (χ0v) is 17.4. The molecule has 0 spiro atoms. The first-order valence-corrected chi connectivity index (χ1v) is 11.3. The molecule has 1 N–H and O–H groups in total. The second-order valence-electron chi connectivity index (χ2n) is 8.72. The Labute approximate surface area is 171 Å². The van der Waals surface area contributed by atoms with E-state index in [1.807, 2.05) is 16.7 Å². The van der Waals surface area contributed by atoms with Crippen LogP contribution in [0.4, 0.5) is 0 Å². The number of piperidine rings is 1. The standard InChI is InChI=1S/C22H32N4O3/c1-2-7-19(27)26-12-6-5-10-18(26)20-23-17-11-13-25(14-16(17)21(28)24-20)22(29)15-8-3-4-9-15/h15,18H,2-14H2,1H3,(H,23,24,28)/t18-/m1/s1. The monoisotopic (exact) mass is 400 g/mol. The lowest BCUT2D eigenvalue weighted by Crippen LogP contribution is -2.43. The third-order valence-electron chi connectivity index (χ3n) is 6.71. The fraction of sp³-hybridized carbons (Fsp3) is 0.727. The number of H-pyrrole nitrogens is 1. The summed E-state index contributed by atoms with van der Waals surface area (Å²) in [7, 11) is 0. The van der Waals surface area contributed by atoms with Gasteiger partial charge in [0.2, 0.25) is 11.8 Å². The minimum absolute atomic E-state index is 0.128. The normalized spacial score (nSPS) is 22.6. The molecule has 2 amide bonds. The van der Waals surface area contributed by atoms with Crippen molar-refractivity contribution in [1.82, 2.24) is 19.8 Å². The maximum absolute atomic E-state index is 12.9. The summed E-state index contributed by atoms with van der Waals surface area (Å²) in [4.78, 5) is 49.7. The van der Waals surface area contributed by atoms with Crippen LogP contribution in [0.25, 0.3) is 0 Å². The third-order valence-corrected chi connectivity index (χ3v) is 6.71. The largest absolute Gasteiger partial charge is 0.337 e. The molecule has 158 valence electrons. The van der Waals surface area contributed by atoms with Gasteiger partial charge in [-0.1, -0.05) is 19.8 Å². The number of hydrogen-bond donors (Lipinski definition) is 1. The van der Waals surface area contributed by atoms with Gasteiger partial charge in [-0.05, 0) is 38.5 Å². The summed E-state index contributed by atoms with van der Waals surface area (Å²) in [6.07, 6.45) is 9.03. The molecule has 1 aliphatic carbocycles. The predicted octanol–water partition coefficient (Wildman–Crippen LogP) is 2.70. The third kappa shape index (κ3) is 4.09. The summed E-state index contributed by atoms with van der Waals surface area (Å²) in [5.41, 5.74) is 1.27. The average molecular weight is 401 g/mol. The minimum Gasteiger partial charge on any atom is -0.337 e. The van der Waals surface area contributed by atoms with E-state index >= 15 is 0 Å². The molecule has 0 unspecified atom stereocenters. The van der Waals surface area contributed by atoms with Gasteiger partial charge in [0.15, 0.2) is 0 Å². The van der Waals surface area contributed by atoms with Crippen LogP contribution < -0.4 is 5.56 Å². The van der Waals surface area contributed by atoms with Crippen LogP contribution in [0, 0.1) is 5.92 Å². The second kappa shape index (κ2) is 8.67. The molecule has 7 heteroatoms. The fourth-order valence-corrected chi connectivity index (χ4v) is 5.09. The van der Waals surface area contributed by atoms with E-state index in [4.69, 9.17) is 4.98 Å². The summed E-state index contributed by atoms with van der Waals surface area (Å²) in [5, 5.41) is 0. The quantitative estimate of drug-likeness (QED) is 0.842. The number of carbonyl (C=O) groups is 2. The number of nitrogens with one attached hydrogen (secondary N) is 1. The molecule has 3 heterocycles. The van der Waals surface area contributed by atoms with E-state index in [2.05, 4.69) is 4.98 Å². The number of aromatic nitrogens is 2. The van der Waals surface area contributed by atoms with E-state index in [1.165, 1.54) is 0 Å². The molecule has 4 rings (SSSR count). The van der Waals surface area contributed by atoms with Crippen molar-refractivity contribution in [3.05, 3.63) is 27.4 Å². The highest BCUT2D eigenvalue weighted by Crippen LogP contribution is 2.31. The minimum atomic E-state index is -0.151. The van der Waals surface area contributed by atoms with Gasteiger partial charge in [0, 0.05) is 31.8 Å². The molecule has 7 nitrogen and oxygen atoms in total. The Balaban J connectivity index is 1.55. The average Bonchev–Trinajstić information content (AvgIpc) is 3.28. The first-order chi connectivity index (χ1) is 14.1. The molecule has 0 aromatic carbocycles. The molecule has 1 aromatic rings. The summed E-state index contributed by atoms with van der Waals surface area (Å²) in [6.45, 7) is 3.72. The number of amides is 2. The van der Waals surface area contributed by atoms with Crippen LogP contribution in [0.5, 0.6) is 0 Å². The van der Waals surface area contributed by atoms with Crippen LogP contribution in [-0.2, 0) is 22.6 Å². The van der Waals surface area contributed by atoms with Crippen molar-refractivity contribution in [1.29, 1.82) is 0 Å². The molecule has 29 heavy (non-hydrogen) atoms. The van der Waals surface area contributed by atoms with Gasteiger partial charge < -0.3 is 14.8 Å². The molecule has 1 atom stereocenters. The van der Waals surface area contributed by atoms with Gasteiger partial charge in [-0.15, -0.1) is 0 Å². The van der Waals surface area contributed by atoms with Gasteiger partial charge in [0.25, 0.3) is 5.56 Å². The van der Waals surface area contributed by atoms with Crippen molar-refractivity contribution in [2.45, 2.75) is 83.7 Å². The van der Waals surface area contributed by atoms with Crippen molar-refractivity contribution in [2.75, 3.05) is 13.1 Å². The van der Waals surface area contributed by atoms with Crippen LogP contribution in [0.15, 0.2) is 4.79 Å². The summed E-state index contributed by atoms with van der Waals surface area (Å²) >= 11 is 0. The number of carbonyl (C=O) groups excluding carboxylic acids is 2. The highest BCUT2D eigenvalue weighted by molar-refractivity contribution is 5.79. The maximum atomic E-state index is 12.9. The van der Waals surface area contributed by atoms with E-state index in [0.717, 1.165) is 63.6 Å². The lowest BCUT2D eigenvalue weighted by atomic mass is 9.99. The summed E-state index contributed by atoms with van der Waals surface area (Å²) in [6, 6.07) is -0.140. The Kier molecular flexibility index (Phi) is 6.01. The summed E-state index contributed by atoms with van der Waals surface area (Å²) < 4.78 is 0. The Bertz CT molecular complexity index is 828. The smallest absolute Gasteiger partial charge is 0.256 e. The molecule has 2 fully saturated rings. The molecule has 0 bridgehead atoms. The number of nitrogens with zero attached hydrogens (tertiary/aromatic N) is 3. The zero-order chi connectivity index (χ0) is 20.4. The van der Waals surface area contributed by atoms with Gasteiger partial charge in [0.05, 0.1) is 23.8 Å². The molecule has 1 aromatic heterocycles. The second-order valence-corrected chi connectivity index (χ2v) is 8.72. The number of rotatable bonds is 4. The highest BCUT2D eigenvalue weighted by Gasteiger charge is 2.33. The van der Waals surface area contributed by atoms with Crippen molar-refractivity contribution < 1.29 is 9.59 Å². The van der Waals surface area contributed by atoms with E-state index in [-0.39, 0.29) is 29.3 Å². The fourth-order valence-electron chi connectivity index (χ4n) is 5.09. The van der Waals surface area contributed by atoms with Gasteiger partial charge in [-0.3, -0.25) is 14.4 Å². The van der Waals surface area contributed by atoms with E-state index in [0.29, 0.717) is 37.3 Å². The lowest BCUT2D eigenvalue weighted by molar-refractivity contribution is -0.136. The molecule has 1 saturated heterocycles. The van der Waals surface area contributed by atoms with Crippen molar-refractivity contribution in [2.24, 2.45) is 5.92 Å². The zero-order valence-electron chi connectivity index (χ0n) is 17.4. The van der Waals surface area contributed by atoms with Gasteiger partial charge in [0.1, 0.15) is 5.82 Å². The molecular weight excluding hydrogens is 368 g/mol. The topological polar surface area (TPSA) is 86.4 Å². The maximum Gasteiger partial charge on any atom is 0.256 e. The van der Waals surface area contributed by atoms with E-state index in [1.54, 1.807) is 0 Å². The van der Waals surface area contributed by atoms with Crippen LogP contribution in [0.3, 0.4) is 0 Å². The molecule has 1 saturated carbocycles. The summed E-state index contributed by atoms with van der Waals surface area (Å²) in [5.74, 6) is 1.09. The Morgan fingerprint density at radius 3 is 2.62 bits per heavy atom. The Morgan fingerprint density at radius 1 is 1.10 bits per heavy atom. The van der Waals surface area contributed by atoms with Crippen molar-refractivity contribution >= 4 is 11.8 Å². The number of aromatic amines is 1. The van der Waals surface area contributed by atoms with Crippen LogP contribution in [-0.4, -0.2) is 44.7 Å². The molecular formula is C22H32N4O3. The van der Waals surface area contributed by atoms with Gasteiger partial charge in [-0.25, -0.2) is 4.98 Å². The first-order valence-electron chi connectivity index (χ1n) is 11.3. The van der Waals surface area contributed by atoms with E-state index in [9.17, 15) is 14.4 Å². The van der Waals surface area contributed by atoms with Crippen molar-refractivity contribution in [3.8, 4) is 0 Å². The first kappa shape index (κ1) is 20.1. The lowest BCUT2D eigenvalue weighted by Gasteiger charge is -2.36. The SMILES string of the molecule is CCCC(=O)N1CCCC[C@@H]1c1nc2c(c(=O)[nH]1)CN(C(=O)C1CCCC1)CC2. The van der Waals surface area contributed by atoms with E-state index < -0.39 is 0 Å². The predicted molar refractivity (Wildman–Crippen MR) is 109 cm³/mol. The number of fused-ring (bicyclic) bond motifs is 1. The number of likely N-dealkylation sites (tertiary alicyclic amines) is 1. The van der Waals surface area contributed by atoms with Crippen LogP contribution in [0.1, 0.15) is 87.8 Å². The Hall–Kier alpha value is -2.18.